The summed E-state index contributed by atoms with van der Waals surface area (Å²) >= 11 is 6.79. The van der Waals surface area contributed by atoms with Gasteiger partial charge in [-0.3, -0.25) is 19.3 Å². The van der Waals surface area contributed by atoms with E-state index in [4.69, 9.17) is 11.6 Å². The van der Waals surface area contributed by atoms with Crippen LogP contribution in [0.15, 0.2) is 29.2 Å². The molecule has 3 atom stereocenters. The molecule has 2 aliphatic carbocycles. The standard InChI is InChI=1S/C21H23ClN2O3S/c22-17-5-2-13(3-6-17)11-18-20(26)24(21(27)28-18)8-7-23-19(25)12-16-10-14-1-4-15(16)9-14/h2-3,5-6,11,14-16H,1,4,7-10,12H2,(H,23,25)/b18-11+. The minimum absolute atomic E-state index is 0.0289. The summed E-state index contributed by atoms with van der Waals surface area (Å²) in [5, 5.41) is 3.20. The molecule has 4 rings (SSSR count). The lowest BCUT2D eigenvalue weighted by Crippen LogP contribution is -2.38. The summed E-state index contributed by atoms with van der Waals surface area (Å²) in [5.74, 6) is 1.77. The number of rotatable bonds is 6. The van der Waals surface area contributed by atoms with Gasteiger partial charge in [0.2, 0.25) is 5.91 Å². The van der Waals surface area contributed by atoms with Crippen molar-refractivity contribution in [3.63, 3.8) is 0 Å². The Kier molecular flexibility index (Phi) is 5.78. The number of hydrogen-bond acceptors (Lipinski definition) is 4. The highest BCUT2D eigenvalue weighted by Crippen LogP contribution is 2.49. The Labute approximate surface area is 173 Å². The fourth-order valence-corrected chi connectivity index (χ4v) is 5.64. The largest absolute Gasteiger partial charge is 0.354 e. The van der Waals surface area contributed by atoms with Gasteiger partial charge >= 0.3 is 0 Å². The Bertz CT molecular complexity index is 823. The van der Waals surface area contributed by atoms with Crippen molar-refractivity contribution >= 4 is 46.5 Å². The second-order valence-corrected chi connectivity index (χ2v) is 9.30. The van der Waals surface area contributed by atoms with Crippen LogP contribution in [0.25, 0.3) is 6.08 Å². The summed E-state index contributed by atoms with van der Waals surface area (Å²) < 4.78 is 0. The predicted octanol–water partition coefficient (Wildman–Crippen LogP) is 4.32. The molecular weight excluding hydrogens is 396 g/mol. The molecule has 2 saturated carbocycles. The number of imide groups is 1. The second kappa shape index (κ2) is 8.29. The van der Waals surface area contributed by atoms with Crippen molar-refractivity contribution in [1.82, 2.24) is 10.2 Å². The van der Waals surface area contributed by atoms with E-state index in [1.165, 1.54) is 30.6 Å². The van der Waals surface area contributed by atoms with Crippen LogP contribution in [0.5, 0.6) is 0 Å². The molecular formula is C21H23ClN2O3S. The molecule has 3 amide bonds. The lowest BCUT2D eigenvalue weighted by atomic mass is 9.86. The van der Waals surface area contributed by atoms with Gasteiger partial charge in [0, 0.05) is 24.5 Å². The van der Waals surface area contributed by atoms with Gasteiger partial charge in [0.05, 0.1) is 4.91 Å². The molecule has 3 unspecified atom stereocenters. The summed E-state index contributed by atoms with van der Waals surface area (Å²) in [7, 11) is 0. The molecule has 7 heteroatoms. The zero-order chi connectivity index (χ0) is 19.7. The van der Waals surface area contributed by atoms with Crippen LogP contribution in [-0.2, 0) is 9.59 Å². The van der Waals surface area contributed by atoms with Gasteiger partial charge < -0.3 is 5.32 Å². The number of carbonyl (C=O) groups is 3. The summed E-state index contributed by atoms with van der Waals surface area (Å²) in [4.78, 5) is 38.5. The predicted molar refractivity (Wildman–Crippen MR) is 111 cm³/mol. The van der Waals surface area contributed by atoms with Crippen molar-refractivity contribution in [2.45, 2.75) is 32.1 Å². The molecule has 1 aliphatic heterocycles. The molecule has 148 valence electrons. The number of nitrogens with one attached hydrogen (secondary N) is 1. The maximum atomic E-state index is 12.5. The van der Waals surface area contributed by atoms with E-state index >= 15 is 0 Å². The fraction of sp³-hybridized carbons (Fsp3) is 0.476. The van der Waals surface area contributed by atoms with Gasteiger partial charge in [-0.25, -0.2) is 0 Å². The number of nitrogens with zero attached hydrogens (tertiary/aromatic N) is 1. The lowest BCUT2D eigenvalue weighted by Gasteiger charge is -2.21. The topological polar surface area (TPSA) is 66.5 Å². The molecule has 3 aliphatic rings. The fourth-order valence-electron chi connectivity index (χ4n) is 4.65. The van der Waals surface area contributed by atoms with Gasteiger partial charge in [0.25, 0.3) is 11.1 Å². The average molecular weight is 419 g/mol. The normalized spacial score (nSPS) is 27.8. The minimum Gasteiger partial charge on any atom is -0.354 e. The van der Waals surface area contributed by atoms with Gasteiger partial charge in [-0.05, 0) is 72.6 Å². The van der Waals surface area contributed by atoms with E-state index in [0.717, 1.165) is 29.2 Å². The molecule has 0 radical (unpaired) electrons. The lowest BCUT2D eigenvalue weighted by molar-refractivity contribution is -0.124. The Morgan fingerprint density at radius 2 is 2.00 bits per heavy atom. The molecule has 1 aromatic rings. The van der Waals surface area contributed by atoms with Gasteiger partial charge in [-0.1, -0.05) is 30.2 Å². The third-order valence-electron chi connectivity index (χ3n) is 6.03. The zero-order valence-electron chi connectivity index (χ0n) is 15.5. The van der Waals surface area contributed by atoms with Crippen LogP contribution in [0.1, 0.15) is 37.7 Å². The number of hydrogen-bond donors (Lipinski definition) is 1. The van der Waals surface area contributed by atoms with Crippen molar-refractivity contribution < 1.29 is 14.4 Å². The molecule has 0 spiro atoms. The zero-order valence-corrected chi connectivity index (χ0v) is 17.1. The highest BCUT2D eigenvalue weighted by molar-refractivity contribution is 8.18. The van der Waals surface area contributed by atoms with E-state index in [2.05, 4.69) is 5.32 Å². The first-order valence-corrected chi connectivity index (χ1v) is 11.0. The van der Waals surface area contributed by atoms with E-state index in [-0.39, 0.29) is 23.6 Å². The van der Waals surface area contributed by atoms with Crippen LogP contribution in [-0.4, -0.2) is 35.0 Å². The highest BCUT2D eigenvalue weighted by Gasteiger charge is 2.40. The molecule has 0 aromatic heterocycles. The van der Waals surface area contributed by atoms with Crippen molar-refractivity contribution in [1.29, 1.82) is 0 Å². The smallest absolute Gasteiger partial charge is 0.293 e. The molecule has 2 bridgehead atoms. The van der Waals surface area contributed by atoms with Crippen LogP contribution in [0.3, 0.4) is 0 Å². The van der Waals surface area contributed by atoms with Crippen molar-refractivity contribution in [3.05, 3.63) is 39.8 Å². The number of amides is 3. The number of carbonyl (C=O) groups excluding carboxylic acids is 3. The molecule has 1 heterocycles. The number of thioether (sulfide) groups is 1. The number of fused-ring (bicyclic) bond motifs is 2. The summed E-state index contributed by atoms with van der Waals surface area (Å²) in [6.07, 6.45) is 7.31. The third kappa shape index (κ3) is 4.28. The Morgan fingerprint density at radius 3 is 2.68 bits per heavy atom. The molecule has 1 aromatic carbocycles. The van der Waals surface area contributed by atoms with Gasteiger partial charge in [0.15, 0.2) is 0 Å². The van der Waals surface area contributed by atoms with E-state index in [9.17, 15) is 14.4 Å². The van der Waals surface area contributed by atoms with Crippen molar-refractivity contribution in [2.24, 2.45) is 17.8 Å². The quantitative estimate of drug-likeness (QED) is 0.698. The third-order valence-corrected chi connectivity index (χ3v) is 7.19. The first-order valence-electron chi connectivity index (χ1n) is 9.77. The van der Waals surface area contributed by atoms with Gasteiger partial charge in [-0.2, -0.15) is 0 Å². The molecule has 5 nitrogen and oxygen atoms in total. The Morgan fingerprint density at radius 1 is 1.21 bits per heavy atom. The average Bonchev–Trinajstić information content (AvgIpc) is 3.35. The van der Waals surface area contributed by atoms with Crippen LogP contribution in [0.4, 0.5) is 4.79 Å². The van der Waals surface area contributed by atoms with Crippen molar-refractivity contribution in [3.8, 4) is 0 Å². The second-order valence-electron chi connectivity index (χ2n) is 7.87. The van der Waals surface area contributed by atoms with E-state index in [1.807, 2.05) is 0 Å². The van der Waals surface area contributed by atoms with E-state index < -0.39 is 0 Å². The van der Waals surface area contributed by atoms with Gasteiger partial charge in [-0.15, -0.1) is 0 Å². The van der Waals surface area contributed by atoms with Crippen LogP contribution in [0, 0.1) is 17.8 Å². The number of benzene rings is 1. The monoisotopic (exact) mass is 418 g/mol. The summed E-state index contributed by atoms with van der Waals surface area (Å²) in [5.41, 5.74) is 0.814. The van der Waals surface area contributed by atoms with E-state index in [0.29, 0.717) is 28.8 Å². The highest BCUT2D eigenvalue weighted by atomic mass is 35.5. The first kappa shape index (κ1) is 19.5. The Balaban J connectivity index is 1.26. The van der Waals surface area contributed by atoms with Crippen LogP contribution < -0.4 is 5.32 Å². The van der Waals surface area contributed by atoms with Gasteiger partial charge in [0.1, 0.15) is 0 Å². The first-order chi connectivity index (χ1) is 13.5. The molecule has 1 saturated heterocycles. The Hall–Kier alpha value is -1.79. The van der Waals surface area contributed by atoms with E-state index in [1.54, 1.807) is 30.3 Å². The maximum Gasteiger partial charge on any atom is 0.293 e. The van der Waals surface area contributed by atoms with Crippen LogP contribution in [0.2, 0.25) is 5.02 Å². The molecule has 28 heavy (non-hydrogen) atoms. The summed E-state index contributed by atoms with van der Waals surface area (Å²) in [6.45, 7) is 0.497. The van der Waals surface area contributed by atoms with Crippen molar-refractivity contribution in [2.75, 3.05) is 13.1 Å². The SMILES string of the molecule is O=C(CC1CC2CCC1C2)NCCN1C(=O)S/C(=C/c2ccc(Cl)cc2)C1=O. The maximum absolute atomic E-state index is 12.5. The molecule has 3 fully saturated rings. The molecule has 1 N–H and O–H groups in total. The minimum atomic E-state index is -0.313. The number of halogens is 1. The summed E-state index contributed by atoms with van der Waals surface area (Å²) in [6, 6.07) is 7.07. The van der Waals surface area contributed by atoms with Crippen LogP contribution >= 0.6 is 23.4 Å².